The lowest BCUT2D eigenvalue weighted by Crippen LogP contribution is -2.48. The summed E-state index contributed by atoms with van der Waals surface area (Å²) in [6, 6.07) is 19.4. The normalized spacial score (nSPS) is 16.8. The van der Waals surface area contributed by atoms with Crippen molar-refractivity contribution in [3.63, 3.8) is 0 Å². The fraction of sp³-hybridized carbons (Fsp3) is 0.333. The van der Waals surface area contributed by atoms with E-state index in [9.17, 15) is 4.79 Å². The van der Waals surface area contributed by atoms with Gasteiger partial charge in [0.25, 0.3) is 5.91 Å². The minimum absolute atomic E-state index is 0.0315. The van der Waals surface area contributed by atoms with Gasteiger partial charge in [-0.15, -0.1) is 0 Å². The Labute approximate surface area is 149 Å². The van der Waals surface area contributed by atoms with Crippen molar-refractivity contribution in [1.82, 2.24) is 10.2 Å². The van der Waals surface area contributed by atoms with Gasteiger partial charge in [-0.3, -0.25) is 4.79 Å². The molecular formula is C21H23N3O. The van der Waals surface area contributed by atoms with Crippen LogP contribution in [-0.4, -0.2) is 37.5 Å². The van der Waals surface area contributed by atoms with Crippen LogP contribution in [0.4, 0.5) is 0 Å². The number of piperidine rings is 1. The van der Waals surface area contributed by atoms with Gasteiger partial charge in [0.2, 0.25) is 0 Å². The number of carbonyl (C=O) groups is 1. The van der Waals surface area contributed by atoms with E-state index in [0.29, 0.717) is 17.7 Å². The highest BCUT2D eigenvalue weighted by Crippen LogP contribution is 2.34. The lowest BCUT2D eigenvalue weighted by atomic mass is 9.72. The lowest BCUT2D eigenvalue weighted by Gasteiger charge is -2.41. The summed E-state index contributed by atoms with van der Waals surface area (Å²) in [5.74, 6) is -0.119. The third-order valence-electron chi connectivity index (χ3n) is 5.17. The zero-order chi connectivity index (χ0) is 17.7. The summed E-state index contributed by atoms with van der Waals surface area (Å²) in [5, 5.41) is 12.1. The first kappa shape index (κ1) is 17.2. The molecule has 1 amide bonds. The summed E-state index contributed by atoms with van der Waals surface area (Å²) in [5.41, 5.74) is 2.30. The second-order valence-electron chi connectivity index (χ2n) is 6.82. The van der Waals surface area contributed by atoms with Crippen LogP contribution in [0.5, 0.6) is 0 Å². The van der Waals surface area contributed by atoms with Crippen molar-refractivity contribution in [2.45, 2.75) is 18.3 Å². The number of nitrogens with zero attached hydrogens (tertiary/aromatic N) is 2. The first-order valence-electron chi connectivity index (χ1n) is 8.65. The summed E-state index contributed by atoms with van der Waals surface area (Å²) in [6.45, 7) is 2.66. The van der Waals surface area contributed by atoms with Crippen molar-refractivity contribution >= 4 is 5.91 Å². The summed E-state index contributed by atoms with van der Waals surface area (Å²) >= 11 is 0. The number of rotatable bonds is 4. The monoisotopic (exact) mass is 333 g/mol. The maximum Gasteiger partial charge on any atom is 0.251 e. The van der Waals surface area contributed by atoms with E-state index in [-0.39, 0.29) is 11.3 Å². The van der Waals surface area contributed by atoms with Crippen LogP contribution < -0.4 is 5.32 Å². The smallest absolute Gasteiger partial charge is 0.251 e. The number of amides is 1. The van der Waals surface area contributed by atoms with Gasteiger partial charge in [0.15, 0.2) is 0 Å². The summed E-state index contributed by atoms with van der Waals surface area (Å²) < 4.78 is 0. The predicted molar refractivity (Wildman–Crippen MR) is 98.3 cm³/mol. The molecule has 128 valence electrons. The largest absolute Gasteiger partial charge is 0.351 e. The van der Waals surface area contributed by atoms with E-state index in [1.54, 1.807) is 24.3 Å². The Kier molecular flexibility index (Phi) is 5.16. The van der Waals surface area contributed by atoms with Gasteiger partial charge in [0, 0.05) is 17.5 Å². The minimum atomic E-state index is -0.119. The molecule has 0 aliphatic carbocycles. The molecule has 0 unspecified atom stereocenters. The van der Waals surface area contributed by atoms with Crippen LogP contribution in [-0.2, 0) is 5.41 Å². The Balaban J connectivity index is 1.77. The van der Waals surface area contributed by atoms with Crippen LogP contribution in [0.2, 0.25) is 0 Å². The second kappa shape index (κ2) is 7.50. The summed E-state index contributed by atoms with van der Waals surface area (Å²) in [6.07, 6.45) is 2.04. The molecule has 0 saturated carbocycles. The molecule has 1 saturated heterocycles. The fourth-order valence-corrected chi connectivity index (χ4v) is 3.49. The maximum absolute atomic E-state index is 12.6. The highest BCUT2D eigenvalue weighted by Gasteiger charge is 2.35. The van der Waals surface area contributed by atoms with Gasteiger partial charge in [-0.25, -0.2) is 0 Å². The number of hydrogen-bond donors (Lipinski definition) is 1. The maximum atomic E-state index is 12.6. The molecular weight excluding hydrogens is 310 g/mol. The van der Waals surface area contributed by atoms with Crippen molar-refractivity contribution in [2.24, 2.45) is 0 Å². The lowest BCUT2D eigenvalue weighted by molar-refractivity contribution is 0.0928. The quantitative estimate of drug-likeness (QED) is 0.936. The molecule has 0 aromatic heterocycles. The van der Waals surface area contributed by atoms with Crippen LogP contribution in [0, 0.1) is 11.3 Å². The standard InChI is InChI=1S/C21H23N3O/c1-24-12-10-21(11-13-24,19-8-3-2-4-9-19)16-23-20(25)18-7-5-6-17(14-18)15-22/h2-9,14H,10-13,16H2,1H3,(H,23,25). The highest BCUT2D eigenvalue weighted by atomic mass is 16.1. The van der Waals surface area contributed by atoms with E-state index in [2.05, 4.69) is 47.6 Å². The van der Waals surface area contributed by atoms with E-state index in [1.165, 1.54) is 5.56 Å². The van der Waals surface area contributed by atoms with Crippen LogP contribution in [0.1, 0.15) is 34.3 Å². The molecule has 1 heterocycles. The molecule has 1 fully saturated rings. The number of benzene rings is 2. The Morgan fingerprint density at radius 2 is 1.88 bits per heavy atom. The zero-order valence-corrected chi connectivity index (χ0v) is 14.5. The summed E-state index contributed by atoms with van der Waals surface area (Å²) in [4.78, 5) is 14.9. The molecule has 4 heteroatoms. The van der Waals surface area contributed by atoms with Crippen molar-refractivity contribution in [2.75, 3.05) is 26.7 Å². The predicted octanol–water partition coefficient (Wildman–Crippen LogP) is 2.95. The zero-order valence-electron chi connectivity index (χ0n) is 14.5. The minimum Gasteiger partial charge on any atom is -0.351 e. The van der Waals surface area contributed by atoms with E-state index in [0.717, 1.165) is 25.9 Å². The van der Waals surface area contributed by atoms with Gasteiger partial charge >= 0.3 is 0 Å². The molecule has 1 aliphatic rings. The van der Waals surface area contributed by atoms with Crippen LogP contribution in [0.15, 0.2) is 54.6 Å². The highest BCUT2D eigenvalue weighted by molar-refractivity contribution is 5.94. The number of likely N-dealkylation sites (tertiary alicyclic amines) is 1. The van der Waals surface area contributed by atoms with Gasteiger partial charge in [-0.2, -0.15) is 5.26 Å². The number of hydrogen-bond acceptors (Lipinski definition) is 3. The first-order chi connectivity index (χ1) is 12.1. The van der Waals surface area contributed by atoms with Gasteiger partial charge in [-0.05, 0) is 56.7 Å². The van der Waals surface area contributed by atoms with Crippen molar-refractivity contribution < 1.29 is 4.79 Å². The number of carbonyl (C=O) groups excluding carboxylic acids is 1. The average Bonchev–Trinajstić information content (AvgIpc) is 2.68. The Morgan fingerprint density at radius 1 is 1.16 bits per heavy atom. The molecule has 4 nitrogen and oxygen atoms in total. The van der Waals surface area contributed by atoms with E-state index >= 15 is 0 Å². The van der Waals surface area contributed by atoms with Crippen molar-refractivity contribution in [1.29, 1.82) is 5.26 Å². The molecule has 0 bridgehead atoms. The first-order valence-corrected chi connectivity index (χ1v) is 8.65. The number of nitrogens with one attached hydrogen (secondary N) is 1. The molecule has 0 atom stereocenters. The van der Waals surface area contributed by atoms with E-state index in [4.69, 9.17) is 5.26 Å². The van der Waals surface area contributed by atoms with E-state index < -0.39 is 0 Å². The third-order valence-corrected chi connectivity index (χ3v) is 5.17. The Hall–Kier alpha value is -2.64. The third kappa shape index (κ3) is 3.89. The Morgan fingerprint density at radius 3 is 2.56 bits per heavy atom. The molecule has 1 N–H and O–H groups in total. The molecule has 3 rings (SSSR count). The van der Waals surface area contributed by atoms with Crippen LogP contribution >= 0.6 is 0 Å². The summed E-state index contributed by atoms with van der Waals surface area (Å²) in [7, 11) is 2.14. The van der Waals surface area contributed by atoms with Crippen LogP contribution in [0.25, 0.3) is 0 Å². The van der Waals surface area contributed by atoms with Gasteiger partial charge in [0.05, 0.1) is 11.6 Å². The Bertz CT molecular complexity index is 771. The van der Waals surface area contributed by atoms with Crippen molar-refractivity contribution in [3.05, 3.63) is 71.3 Å². The van der Waals surface area contributed by atoms with Crippen molar-refractivity contribution in [3.8, 4) is 6.07 Å². The fourth-order valence-electron chi connectivity index (χ4n) is 3.49. The van der Waals surface area contributed by atoms with E-state index in [1.807, 2.05) is 6.07 Å². The number of nitriles is 1. The topological polar surface area (TPSA) is 56.1 Å². The second-order valence-corrected chi connectivity index (χ2v) is 6.82. The average molecular weight is 333 g/mol. The SMILES string of the molecule is CN1CCC(CNC(=O)c2cccc(C#N)c2)(c2ccccc2)CC1. The molecule has 2 aromatic rings. The van der Waals surface area contributed by atoms with Gasteiger partial charge < -0.3 is 10.2 Å². The molecule has 0 radical (unpaired) electrons. The van der Waals surface area contributed by atoms with Crippen LogP contribution in [0.3, 0.4) is 0 Å². The molecule has 0 spiro atoms. The van der Waals surface area contributed by atoms with Gasteiger partial charge in [0.1, 0.15) is 0 Å². The molecule has 1 aliphatic heterocycles. The molecule has 2 aromatic carbocycles. The van der Waals surface area contributed by atoms with Gasteiger partial charge in [-0.1, -0.05) is 36.4 Å². The molecule has 25 heavy (non-hydrogen) atoms.